The molecule has 0 saturated carbocycles. The molecule has 0 unspecified atom stereocenters. The van der Waals surface area contributed by atoms with E-state index in [0.29, 0.717) is 10.4 Å². The summed E-state index contributed by atoms with van der Waals surface area (Å²) in [4.78, 5) is 0.298. The molecule has 26 heavy (non-hydrogen) atoms. The van der Waals surface area contributed by atoms with E-state index in [1.54, 1.807) is 48.7 Å². The van der Waals surface area contributed by atoms with Crippen LogP contribution in [0.25, 0.3) is 10.9 Å². The van der Waals surface area contributed by atoms with Gasteiger partial charge in [-0.1, -0.05) is 48.6 Å². The monoisotopic (exact) mass is 369 g/mol. The van der Waals surface area contributed by atoms with Crippen LogP contribution in [0.1, 0.15) is 20.3 Å². The van der Waals surface area contributed by atoms with Crippen LogP contribution in [-0.2, 0) is 14.8 Å². The van der Waals surface area contributed by atoms with Gasteiger partial charge in [0, 0.05) is 11.6 Å². The van der Waals surface area contributed by atoms with E-state index in [2.05, 4.69) is 26.0 Å². The molecule has 136 valence electrons. The highest BCUT2D eigenvalue weighted by atomic mass is 32.2. The summed E-state index contributed by atoms with van der Waals surface area (Å²) in [6, 6.07) is 17.7. The van der Waals surface area contributed by atoms with Crippen molar-refractivity contribution in [2.75, 3.05) is 6.61 Å². The Labute approximate surface area is 154 Å². The molecule has 2 aromatic carbocycles. The van der Waals surface area contributed by atoms with Gasteiger partial charge in [-0.05, 0) is 44.5 Å². The SMILES string of the molecule is CC1(C)CC=CCO1.O=S(=O)(c1ccccc1)n1ccc2ccccc21. The smallest absolute Gasteiger partial charge is 0.268 e. The van der Waals surface area contributed by atoms with Crippen molar-refractivity contribution in [1.29, 1.82) is 0 Å². The molecule has 3 aromatic rings. The van der Waals surface area contributed by atoms with E-state index in [1.165, 1.54) is 3.97 Å². The third-order valence-corrected chi connectivity index (χ3v) is 5.91. The van der Waals surface area contributed by atoms with Gasteiger partial charge in [-0.3, -0.25) is 0 Å². The van der Waals surface area contributed by atoms with E-state index < -0.39 is 10.0 Å². The van der Waals surface area contributed by atoms with E-state index in [4.69, 9.17) is 4.74 Å². The molecular weight excluding hydrogens is 346 g/mol. The minimum absolute atomic E-state index is 0.0920. The first-order valence-corrected chi connectivity index (χ1v) is 10.00. The number of aromatic nitrogens is 1. The number of benzene rings is 2. The summed E-state index contributed by atoms with van der Waals surface area (Å²) in [5.41, 5.74) is 0.788. The largest absolute Gasteiger partial charge is 0.371 e. The van der Waals surface area contributed by atoms with Crippen LogP contribution in [0.15, 0.2) is 83.9 Å². The maximum absolute atomic E-state index is 12.5. The molecule has 4 nitrogen and oxygen atoms in total. The topological polar surface area (TPSA) is 48.3 Å². The molecule has 0 atom stereocenters. The molecule has 1 aromatic heterocycles. The number of hydrogen-bond donors (Lipinski definition) is 0. The molecule has 5 heteroatoms. The van der Waals surface area contributed by atoms with Crippen LogP contribution in [-0.4, -0.2) is 24.6 Å². The molecule has 4 rings (SSSR count). The van der Waals surface area contributed by atoms with Crippen molar-refractivity contribution < 1.29 is 13.2 Å². The normalized spacial score (nSPS) is 16.1. The number of fused-ring (bicyclic) bond motifs is 1. The van der Waals surface area contributed by atoms with Crippen LogP contribution < -0.4 is 0 Å². The molecule has 0 fully saturated rings. The van der Waals surface area contributed by atoms with Crippen molar-refractivity contribution >= 4 is 20.9 Å². The number of ether oxygens (including phenoxy) is 1. The summed E-state index contributed by atoms with van der Waals surface area (Å²) in [7, 11) is -3.51. The number of nitrogens with zero attached hydrogens (tertiary/aromatic N) is 1. The first-order valence-electron chi connectivity index (χ1n) is 8.56. The molecule has 0 N–H and O–H groups in total. The summed E-state index contributed by atoms with van der Waals surface area (Å²) >= 11 is 0. The minimum Gasteiger partial charge on any atom is -0.371 e. The van der Waals surface area contributed by atoms with Gasteiger partial charge in [-0.25, -0.2) is 12.4 Å². The fraction of sp³-hybridized carbons (Fsp3) is 0.238. The number of hydrogen-bond acceptors (Lipinski definition) is 3. The van der Waals surface area contributed by atoms with Crippen molar-refractivity contribution in [3.8, 4) is 0 Å². The Bertz CT molecular complexity index is 1000. The third kappa shape index (κ3) is 4.06. The second kappa shape index (κ2) is 7.48. The standard InChI is InChI=1S/C14H11NO2S.C7H12O/c16-18(17,13-7-2-1-3-8-13)15-11-10-12-6-4-5-9-14(12)15;1-7(2)5-3-4-6-8-7/h1-11H;3-4H,5-6H2,1-2H3. The van der Waals surface area contributed by atoms with Gasteiger partial charge < -0.3 is 4.74 Å². The van der Waals surface area contributed by atoms with E-state index in [9.17, 15) is 8.42 Å². The maximum Gasteiger partial charge on any atom is 0.268 e. The average Bonchev–Trinajstić information content (AvgIpc) is 3.08. The van der Waals surface area contributed by atoms with Crippen LogP contribution in [0.2, 0.25) is 0 Å². The van der Waals surface area contributed by atoms with Crippen molar-refractivity contribution in [2.45, 2.75) is 30.8 Å². The quantitative estimate of drug-likeness (QED) is 0.619. The summed E-state index contributed by atoms with van der Waals surface area (Å²) in [5, 5.41) is 0.914. The number of para-hydroxylation sites is 1. The molecule has 0 amide bonds. The fourth-order valence-electron chi connectivity index (χ4n) is 2.74. The minimum atomic E-state index is -3.51. The maximum atomic E-state index is 12.5. The molecule has 0 bridgehead atoms. The van der Waals surface area contributed by atoms with Crippen LogP contribution in [0, 0.1) is 0 Å². The van der Waals surface area contributed by atoms with Gasteiger partial charge in [0.15, 0.2) is 0 Å². The van der Waals surface area contributed by atoms with Crippen molar-refractivity contribution in [3.63, 3.8) is 0 Å². The lowest BCUT2D eigenvalue weighted by Crippen LogP contribution is -2.25. The first-order chi connectivity index (χ1) is 12.4. The third-order valence-electron chi connectivity index (χ3n) is 4.21. The van der Waals surface area contributed by atoms with E-state index in [0.717, 1.165) is 18.4 Å². The lowest BCUT2D eigenvalue weighted by Gasteiger charge is -2.25. The molecule has 2 heterocycles. The fourth-order valence-corrected chi connectivity index (χ4v) is 4.12. The number of rotatable bonds is 2. The Morgan fingerprint density at radius 1 is 0.923 bits per heavy atom. The predicted molar refractivity (Wildman–Crippen MR) is 105 cm³/mol. The second-order valence-corrected chi connectivity index (χ2v) is 8.55. The molecule has 0 spiro atoms. The summed E-state index contributed by atoms with van der Waals surface area (Å²) in [6.07, 6.45) is 6.87. The highest BCUT2D eigenvalue weighted by Gasteiger charge is 2.18. The molecule has 1 aliphatic rings. The van der Waals surface area contributed by atoms with Gasteiger partial charge >= 0.3 is 0 Å². The zero-order valence-electron chi connectivity index (χ0n) is 15.0. The Hall–Kier alpha value is -2.37. The Morgan fingerprint density at radius 2 is 1.62 bits per heavy atom. The van der Waals surface area contributed by atoms with Gasteiger partial charge in [-0.15, -0.1) is 0 Å². The van der Waals surface area contributed by atoms with Crippen molar-refractivity contribution in [3.05, 3.63) is 79.0 Å². The Kier molecular flexibility index (Phi) is 5.30. The summed E-state index contributed by atoms with van der Waals surface area (Å²) in [5.74, 6) is 0. The lowest BCUT2D eigenvalue weighted by atomic mass is 10.0. The average molecular weight is 369 g/mol. The van der Waals surface area contributed by atoms with Gasteiger partial charge in [0.25, 0.3) is 10.0 Å². The van der Waals surface area contributed by atoms with Crippen LogP contribution in [0.5, 0.6) is 0 Å². The highest BCUT2D eigenvalue weighted by Crippen LogP contribution is 2.21. The molecule has 0 aliphatic carbocycles. The van der Waals surface area contributed by atoms with Gasteiger partial charge in [0.05, 0.1) is 22.6 Å². The van der Waals surface area contributed by atoms with E-state index in [1.807, 2.05) is 18.2 Å². The first kappa shape index (κ1) is 18.4. The highest BCUT2D eigenvalue weighted by molar-refractivity contribution is 7.90. The van der Waals surface area contributed by atoms with Crippen molar-refractivity contribution in [2.24, 2.45) is 0 Å². The summed E-state index contributed by atoms with van der Waals surface area (Å²) < 4.78 is 31.6. The zero-order chi connectivity index (χ0) is 18.6. The van der Waals surface area contributed by atoms with Crippen LogP contribution in [0.3, 0.4) is 0 Å². The van der Waals surface area contributed by atoms with Gasteiger partial charge in [-0.2, -0.15) is 0 Å². The molecule has 0 saturated heterocycles. The molecular formula is C21H23NO3S. The van der Waals surface area contributed by atoms with Crippen LogP contribution in [0.4, 0.5) is 0 Å². The second-order valence-electron chi connectivity index (χ2n) is 6.73. The molecule has 0 radical (unpaired) electrons. The van der Waals surface area contributed by atoms with Crippen molar-refractivity contribution in [1.82, 2.24) is 3.97 Å². The van der Waals surface area contributed by atoms with Gasteiger partial charge in [0.1, 0.15) is 0 Å². The lowest BCUT2D eigenvalue weighted by molar-refractivity contribution is -0.00598. The van der Waals surface area contributed by atoms with E-state index in [-0.39, 0.29) is 5.60 Å². The predicted octanol–water partition coefficient (Wildman–Crippen LogP) is 4.62. The molecule has 1 aliphatic heterocycles. The van der Waals surface area contributed by atoms with E-state index >= 15 is 0 Å². The van der Waals surface area contributed by atoms with Gasteiger partial charge in [0.2, 0.25) is 0 Å². The zero-order valence-corrected chi connectivity index (χ0v) is 15.8. The summed E-state index contributed by atoms with van der Waals surface area (Å²) in [6.45, 7) is 5.00. The van der Waals surface area contributed by atoms with Crippen LogP contribution >= 0.6 is 0 Å². The Morgan fingerprint density at radius 3 is 2.23 bits per heavy atom. The Balaban J connectivity index is 0.000000206.